The fourth-order valence-electron chi connectivity index (χ4n) is 2.75. The van der Waals surface area contributed by atoms with Crippen LogP contribution in [-0.2, 0) is 0 Å². The van der Waals surface area contributed by atoms with Crippen LogP contribution in [0.3, 0.4) is 0 Å². The molecule has 2 N–H and O–H groups in total. The third-order valence-corrected chi connectivity index (χ3v) is 5.13. The number of aryl methyl sites for hydroxylation is 2. The van der Waals surface area contributed by atoms with Gasteiger partial charge in [-0.25, -0.2) is 0 Å². The minimum Gasteiger partial charge on any atom is -0.492 e. The zero-order chi connectivity index (χ0) is 20.5. The largest absolute Gasteiger partial charge is 0.492 e. The molecule has 0 atom stereocenters. The molecule has 0 aliphatic heterocycles. The smallest absolute Gasteiger partial charge is 0.257 e. The first-order valence-electron chi connectivity index (χ1n) is 9.52. The summed E-state index contributed by atoms with van der Waals surface area (Å²) in [5.41, 5.74) is 3.63. The molecule has 28 heavy (non-hydrogen) atoms. The van der Waals surface area contributed by atoms with Gasteiger partial charge in [0.25, 0.3) is 5.91 Å². The number of benzene rings is 2. The summed E-state index contributed by atoms with van der Waals surface area (Å²) in [6.45, 7) is 6.89. The van der Waals surface area contributed by atoms with Crippen LogP contribution in [0.15, 0.2) is 40.9 Å². The first-order valence-corrected chi connectivity index (χ1v) is 10.7. The monoisotopic (exact) mass is 462 g/mol. The predicted molar refractivity (Wildman–Crippen MR) is 123 cm³/mol. The lowest BCUT2D eigenvalue weighted by atomic mass is 10.1. The Morgan fingerprint density at radius 2 is 1.89 bits per heavy atom. The molecule has 1 amide bonds. The fraction of sp³-hybridized carbons (Fsp3) is 0.364. The Balaban J connectivity index is 1.91. The first kappa shape index (κ1) is 22.4. The number of carbonyl (C=O) groups excluding carboxylic acids is 1. The minimum absolute atomic E-state index is 0.266. The van der Waals surface area contributed by atoms with Gasteiger partial charge in [-0.2, -0.15) is 0 Å². The van der Waals surface area contributed by atoms with Gasteiger partial charge in [-0.05, 0) is 78.2 Å². The van der Waals surface area contributed by atoms with E-state index < -0.39 is 0 Å². The number of nitrogens with one attached hydrogen (secondary N) is 2. The van der Waals surface area contributed by atoms with Crippen LogP contribution >= 0.6 is 28.1 Å². The molecule has 0 radical (unpaired) electrons. The molecule has 0 aromatic heterocycles. The van der Waals surface area contributed by atoms with Gasteiger partial charge in [0, 0.05) is 11.3 Å². The fourth-order valence-corrected chi connectivity index (χ4v) is 3.45. The summed E-state index contributed by atoms with van der Waals surface area (Å²) in [5, 5.41) is 6.06. The molecule has 150 valence electrons. The average Bonchev–Trinajstić information content (AvgIpc) is 2.65. The Morgan fingerprint density at radius 3 is 2.57 bits per heavy atom. The molecule has 0 fully saturated rings. The van der Waals surface area contributed by atoms with E-state index in [1.54, 1.807) is 18.2 Å². The number of carbonyl (C=O) groups is 1. The van der Waals surface area contributed by atoms with Gasteiger partial charge in [-0.3, -0.25) is 10.1 Å². The van der Waals surface area contributed by atoms with E-state index in [0.29, 0.717) is 12.2 Å². The summed E-state index contributed by atoms with van der Waals surface area (Å²) in [4.78, 5) is 12.5. The van der Waals surface area contributed by atoms with E-state index in [0.717, 1.165) is 27.9 Å². The topological polar surface area (TPSA) is 50.4 Å². The second-order valence-electron chi connectivity index (χ2n) is 6.78. The molecule has 0 spiro atoms. The number of hydrogen-bond acceptors (Lipinski definition) is 3. The summed E-state index contributed by atoms with van der Waals surface area (Å²) in [6, 6.07) is 11.3. The van der Waals surface area contributed by atoms with Crippen molar-refractivity contribution in [3.05, 3.63) is 57.6 Å². The van der Waals surface area contributed by atoms with Crippen LogP contribution < -0.4 is 15.4 Å². The highest BCUT2D eigenvalue weighted by molar-refractivity contribution is 9.10. The third-order valence-electron chi connectivity index (χ3n) is 4.31. The van der Waals surface area contributed by atoms with Crippen LogP contribution in [0.2, 0.25) is 0 Å². The van der Waals surface area contributed by atoms with Crippen molar-refractivity contribution in [1.29, 1.82) is 0 Å². The number of rotatable bonds is 8. The first-order chi connectivity index (χ1) is 13.4. The number of halogens is 1. The van der Waals surface area contributed by atoms with Gasteiger partial charge in [-0.15, -0.1) is 0 Å². The van der Waals surface area contributed by atoms with Crippen molar-refractivity contribution in [2.24, 2.45) is 0 Å². The molecule has 4 nitrogen and oxygen atoms in total. The number of amides is 1. The summed E-state index contributed by atoms with van der Waals surface area (Å²) >= 11 is 8.76. The molecule has 0 aliphatic rings. The molecule has 2 aromatic rings. The lowest BCUT2D eigenvalue weighted by molar-refractivity contribution is 0.0977. The normalized spacial score (nSPS) is 10.4. The van der Waals surface area contributed by atoms with Crippen molar-refractivity contribution in [2.45, 2.75) is 46.5 Å². The van der Waals surface area contributed by atoms with Gasteiger partial charge < -0.3 is 10.1 Å². The highest BCUT2D eigenvalue weighted by Gasteiger charge is 2.11. The highest BCUT2D eigenvalue weighted by Crippen LogP contribution is 2.26. The van der Waals surface area contributed by atoms with Crippen molar-refractivity contribution in [3.8, 4) is 5.75 Å². The maximum atomic E-state index is 12.5. The lowest BCUT2D eigenvalue weighted by Crippen LogP contribution is -2.34. The Morgan fingerprint density at radius 1 is 1.11 bits per heavy atom. The number of hydrogen-bond donors (Lipinski definition) is 2. The minimum atomic E-state index is -0.266. The Bertz CT molecular complexity index is 839. The number of anilines is 1. The molecule has 0 unspecified atom stereocenters. The van der Waals surface area contributed by atoms with Gasteiger partial charge in [-0.1, -0.05) is 43.9 Å². The van der Waals surface area contributed by atoms with E-state index in [1.807, 2.05) is 26.0 Å². The lowest BCUT2D eigenvalue weighted by Gasteiger charge is -2.13. The predicted octanol–water partition coefficient (Wildman–Crippen LogP) is 6.15. The Labute approximate surface area is 181 Å². The summed E-state index contributed by atoms with van der Waals surface area (Å²) in [5.74, 6) is 0.474. The highest BCUT2D eigenvalue weighted by atomic mass is 79.9. The van der Waals surface area contributed by atoms with Crippen molar-refractivity contribution in [1.82, 2.24) is 5.32 Å². The van der Waals surface area contributed by atoms with Crippen LogP contribution in [0, 0.1) is 13.8 Å². The van der Waals surface area contributed by atoms with E-state index in [9.17, 15) is 4.79 Å². The van der Waals surface area contributed by atoms with E-state index in [2.05, 4.69) is 39.6 Å². The molecular weight excluding hydrogens is 436 g/mol. The van der Waals surface area contributed by atoms with E-state index >= 15 is 0 Å². The van der Waals surface area contributed by atoms with Crippen LogP contribution in [0.4, 0.5) is 5.69 Å². The van der Waals surface area contributed by atoms with Crippen molar-refractivity contribution < 1.29 is 9.53 Å². The molecule has 2 rings (SSSR count). The molecule has 6 heteroatoms. The number of unbranched alkanes of at least 4 members (excludes halogenated alkanes) is 3. The number of ether oxygens (including phenoxy) is 1. The molecule has 0 aliphatic carbocycles. The van der Waals surface area contributed by atoms with Crippen LogP contribution in [0.5, 0.6) is 5.75 Å². The van der Waals surface area contributed by atoms with E-state index in [1.165, 1.54) is 24.8 Å². The SMILES string of the molecule is CCCCCCOc1ccc(C(=O)NC(=S)Nc2ccc(C)cc2C)cc1Br. The van der Waals surface area contributed by atoms with Crippen molar-refractivity contribution >= 4 is 44.9 Å². The molecular formula is C22H27BrN2O2S. The van der Waals surface area contributed by atoms with E-state index in [4.69, 9.17) is 17.0 Å². The molecule has 0 saturated carbocycles. The summed E-state index contributed by atoms with van der Waals surface area (Å²) in [6.07, 6.45) is 4.62. The van der Waals surface area contributed by atoms with Gasteiger partial charge in [0.1, 0.15) is 5.75 Å². The average molecular weight is 463 g/mol. The standard InChI is InChI=1S/C22H27BrN2O2S/c1-4-5-6-7-12-27-20-11-9-17(14-18(20)23)21(26)25-22(28)24-19-10-8-15(2)13-16(19)3/h8-11,13-14H,4-7,12H2,1-3H3,(H2,24,25,26,28). The second kappa shape index (κ2) is 11.2. The summed E-state index contributed by atoms with van der Waals surface area (Å²) in [7, 11) is 0. The van der Waals surface area contributed by atoms with Crippen molar-refractivity contribution in [2.75, 3.05) is 11.9 Å². The zero-order valence-corrected chi connectivity index (χ0v) is 19.0. The van der Waals surface area contributed by atoms with E-state index in [-0.39, 0.29) is 11.0 Å². The summed E-state index contributed by atoms with van der Waals surface area (Å²) < 4.78 is 6.54. The van der Waals surface area contributed by atoms with Crippen LogP contribution in [0.1, 0.15) is 54.1 Å². The van der Waals surface area contributed by atoms with Crippen molar-refractivity contribution in [3.63, 3.8) is 0 Å². The van der Waals surface area contributed by atoms with Crippen LogP contribution in [-0.4, -0.2) is 17.6 Å². The molecule has 0 heterocycles. The Hall–Kier alpha value is -1.92. The van der Waals surface area contributed by atoms with Gasteiger partial charge in [0.15, 0.2) is 5.11 Å². The van der Waals surface area contributed by atoms with Gasteiger partial charge >= 0.3 is 0 Å². The molecule has 0 bridgehead atoms. The maximum absolute atomic E-state index is 12.5. The maximum Gasteiger partial charge on any atom is 0.257 e. The molecule has 0 saturated heterocycles. The quantitative estimate of drug-likeness (QED) is 0.364. The van der Waals surface area contributed by atoms with Crippen LogP contribution in [0.25, 0.3) is 0 Å². The third kappa shape index (κ3) is 6.91. The Kier molecular flexibility index (Phi) is 8.93. The number of thiocarbonyl (C=S) groups is 1. The second-order valence-corrected chi connectivity index (χ2v) is 8.04. The zero-order valence-electron chi connectivity index (χ0n) is 16.6. The molecule has 2 aromatic carbocycles. The van der Waals surface area contributed by atoms with Gasteiger partial charge in [0.2, 0.25) is 0 Å². The van der Waals surface area contributed by atoms with Gasteiger partial charge in [0.05, 0.1) is 11.1 Å².